The largest absolute Gasteiger partial charge is 0.400 e. The maximum Gasteiger partial charge on any atom is 0.400 e. The van der Waals surface area contributed by atoms with Crippen LogP contribution in [-0.4, -0.2) is 31.2 Å². The molecule has 5 N–H and O–H groups in total. The number of urea groups is 1. The summed E-state index contributed by atoms with van der Waals surface area (Å²) in [6.45, 7) is 0. The standard InChI is InChI=1S/C5H6N8O6/c6-9-5(14)10(7)3-4(13(18)19)11(15)2(1-8-3)12(16)17/h1,6,8,15H,7H2. The number of carbonyl (C=O) groups is 1. The molecular weight excluding hydrogens is 268 g/mol. The normalized spacial score (nSPS) is 14.4. The van der Waals surface area contributed by atoms with Gasteiger partial charge in [-0.05, 0) is 14.9 Å². The Kier molecular flexibility index (Phi) is 3.68. The summed E-state index contributed by atoms with van der Waals surface area (Å²) < 4.78 is 0. The number of nitrogens with two attached hydrogens (primary N) is 1. The molecule has 1 rings (SSSR count). The Morgan fingerprint density at radius 1 is 1.53 bits per heavy atom. The van der Waals surface area contributed by atoms with Crippen molar-refractivity contribution in [3.63, 3.8) is 0 Å². The second kappa shape index (κ2) is 5.02. The van der Waals surface area contributed by atoms with Gasteiger partial charge in [0, 0.05) is 0 Å². The molecule has 14 nitrogen and oxygen atoms in total. The lowest BCUT2D eigenvalue weighted by Crippen LogP contribution is -2.46. The van der Waals surface area contributed by atoms with Gasteiger partial charge in [0.1, 0.15) is 6.20 Å². The maximum atomic E-state index is 11.0. The molecule has 0 fully saturated rings. The van der Waals surface area contributed by atoms with Gasteiger partial charge in [-0.2, -0.15) is 5.53 Å². The topological polar surface area (TPSA) is 204 Å². The van der Waals surface area contributed by atoms with E-state index >= 15 is 0 Å². The molecular formula is C5H6N8O6. The number of nitro groups is 2. The molecule has 0 radical (unpaired) electrons. The van der Waals surface area contributed by atoms with Crippen LogP contribution in [0.3, 0.4) is 0 Å². The van der Waals surface area contributed by atoms with E-state index in [1.165, 1.54) is 0 Å². The van der Waals surface area contributed by atoms with E-state index in [4.69, 9.17) is 11.4 Å². The van der Waals surface area contributed by atoms with Gasteiger partial charge in [-0.25, -0.2) is 20.9 Å². The van der Waals surface area contributed by atoms with E-state index in [0.717, 1.165) is 0 Å². The molecule has 0 aromatic carbocycles. The summed E-state index contributed by atoms with van der Waals surface area (Å²) in [6.07, 6.45) is 0.569. The second-order valence-corrected chi connectivity index (χ2v) is 2.91. The van der Waals surface area contributed by atoms with Crippen LogP contribution in [0.1, 0.15) is 0 Å². The highest BCUT2D eigenvalue weighted by molar-refractivity contribution is 5.75. The van der Waals surface area contributed by atoms with Crippen molar-refractivity contribution in [2.45, 2.75) is 0 Å². The van der Waals surface area contributed by atoms with Crippen molar-refractivity contribution in [2.24, 2.45) is 11.0 Å². The van der Waals surface area contributed by atoms with Crippen molar-refractivity contribution in [2.75, 3.05) is 0 Å². The summed E-state index contributed by atoms with van der Waals surface area (Å²) in [6, 6.07) is -1.40. The molecule has 0 aromatic rings. The highest BCUT2D eigenvalue weighted by atomic mass is 16.7. The summed E-state index contributed by atoms with van der Waals surface area (Å²) >= 11 is 0. The van der Waals surface area contributed by atoms with Crippen molar-refractivity contribution in [3.8, 4) is 0 Å². The zero-order valence-corrected chi connectivity index (χ0v) is 8.88. The van der Waals surface area contributed by atoms with Crippen molar-refractivity contribution in [1.29, 1.82) is 5.53 Å². The van der Waals surface area contributed by atoms with Crippen molar-refractivity contribution in [3.05, 3.63) is 43.9 Å². The first kappa shape index (κ1) is 13.9. The average molecular weight is 274 g/mol. The average Bonchev–Trinajstić information content (AvgIpc) is 2.35. The van der Waals surface area contributed by atoms with Gasteiger partial charge < -0.3 is 25.5 Å². The van der Waals surface area contributed by atoms with E-state index in [2.05, 4.69) is 5.11 Å². The molecule has 0 aliphatic carbocycles. The lowest BCUT2D eigenvalue weighted by molar-refractivity contribution is -0.510. The first-order valence-corrected chi connectivity index (χ1v) is 4.26. The van der Waals surface area contributed by atoms with Crippen LogP contribution in [0.2, 0.25) is 0 Å². The lowest BCUT2D eigenvalue weighted by atomic mass is 10.4. The van der Waals surface area contributed by atoms with E-state index in [0.29, 0.717) is 6.20 Å². The molecule has 102 valence electrons. The Bertz CT molecular complexity index is 524. The Balaban J connectivity index is 3.28. The van der Waals surface area contributed by atoms with Crippen LogP contribution in [0, 0.1) is 25.8 Å². The van der Waals surface area contributed by atoms with Gasteiger partial charge >= 0.3 is 17.7 Å². The molecule has 0 unspecified atom stereocenters. The second-order valence-electron chi connectivity index (χ2n) is 2.91. The molecule has 0 saturated heterocycles. The van der Waals surface area contributed by atoms with E-state index < -0.39 is 33.3 Å². The number of amides is 2. The number of hydrogen-bond acceptors (Lipinski definition) is 10. The highest BCUT2D eigenvalue weighted by Gasteiger charge is 2.40. The van der Waals surface area contributed by atoms with Crippen LogP contribution in [-0.2, 0) is 0 Å². The van der Waals surface area contributed by atoms with Crippen LogP contribution in [0.4, 0.5) is 4.79 Å². The van der Waals surface area contributed by atoms with Crippen LogP contribution in [0.25, 0.3) is 0 Å². The molecule has 0 atom stereocenters. The van der Waals surface area contributed by atoms with Gasteiger partial charge in [0.2, 0.25) is 5.82 Å². The van der Waals surface area contributed by atoms with E-state index in [1.807, 2.05) is 5.32 Å². The van der Waals surface area contributed by atoms with E-state index in [-0.39, 0.29) is 10.1 Å². The van der Waals surface area contributed by atoms with E-state index in [9.17, 15) is 30.2 Å². The predicted octanol–water partition coefficient (Wildman–Crippen LogP) is -0.914. The fourth-order valence-electron chi connectivity index (χ4n) is 1.09. The minimum atomic E-state index is -1.40. The number of hydrazine groups is 1. The first-order valence-electron chi connectivity index (χ1n) is 4.26. The molecule has 2 amide bonds. The van der Waals surface area contributed by atoms with Gasteiger partial charge in [-0.1, -0.05) is 5.11 Å². The fourth-order valence-corrected chi connectivity index (χ4v) is 1.09. The monoisotopic (exact) mass is 274 g/mol. The highest BCUT2D eigenvalue weighted by Crippen LogP contribution is 2.19. The van der Waals surface area contributed by atoms with Gasteiger partial charge in [0.05, 0.1) is 0 Å². The number of nitrogens with zero attached hydrogens (tertiary/aromatic N) is 5. The molecule has 1 aliphatic rings. The summed E-state index contributed by atoms with van der Waals surface area (Å²) in [4.78, 5) is 29.9. The molecule has 19 heavy (non-hydrogen) atoms. The maximum absolute atomic E-state index is 11.0. The Morgan fingerprint density at radius 2 is 2.11 bits per heavy atom. The van der Waals surface area contributed by atoms with Gasteiger partial charge in [-0.3, -0.25) is 0 Å². The number of hydrogen-bond donors (Lipinski definition) is 4. The summed E-state index contributed by atoms with van der Waals surface area (Å²) in [5.41, 5.74) is 6.42. The molecule has 0 aromatic heterocycles. The smallest absolute Gasteiger partial charge is 0.358 e. The Morgan fingerprint density at radius 3 is 2.53 bits per heavy atom. The lowest BCUT2D eigenvalue weighted by Gasteiger charge is -2.22. The predicted molar refractivity (Wildman–Crippen MR) is 52.4 cm³/mol. The molecule has 0 bridgehead atoms. The number of hydroxylamine groups is 2. The van der Waals surface area contributed by atoms with Gasteiger partial charge in [0.25, 0.3) is 0 Å². The summed E-state index contributed by atoms with van der Waals surface area (Å²) in [5.74, 6) is 2.00. The third-order valence-corrected chi connectivity index (χ3v) is 1.87. The minimum absolute atomic E-state index is 0.0432. The zero-order valence-electron chi connectivity index (χ0n) is 8.88. The summed E-state index contributed by atoms with van der Waals surface area (Å²) in [7, 11) is 0. The zero-order chi connectivity index (χ0) is 14.7. The first-order chi connectivity index (χ1) is 8.81. The number of carbonyl (C=O) groups excluding carboxylic acids is 1. The fraction of sp³-hybridized carbons (Fsp3) is 0. The third kappa shape index (κ3) is 2.42. The minimum Gasteiger partial charge on any atom is -0.358 e. The van der Waals surface area contributed by atoms with Crippen molar-refractivity contribution in [1.82, 2.24) is 15.4 Å². The van der Waals surface area contributed by atoms with Gasteiger partial charge in [0.15, 0.2) is 0 Å². The van der Waals surface area contributed by atoms with E-state index in [1.54, 1.807) is 0 Å². The Hall–Kier alpha value is -3.13. The quantitative estimate of drug-likeness (QED) is 0.165. The van der Waals surface area contributed by atoms with Crippen LogP contribution in [0.15, 0.2) is 28.8 Å². The molecule has 14 heteroatoms. The van der Waals surface area contributed by atoms with Gasteiger partial charge in [-0.15, -0.1) is 0 Å². The SMILES string of the molecule is N=NC(=O)N(N)C1=C([N+](=O)[O-])N(O)C([N+](=O)[O-])=CN1. The molecule has 0 spiro atoms. The van der Waals surface area contributed by atoms with Crippen molar-refractivity contribution < 1.29 is 19.8 Å². The number of nitrogens with one attached hydrogen (secondary N) is 2. The van der Waals surface area contributed by atoms with Crippen LogP contribution >= 0.6 is 0 Å². The van der Waals surface area contributed by atoms with Crippen LogP contribution < -0.4 is 11.2 Å². The van der Waals surface area contributed by atoms with Crippen molar-refractivity contribution >= 4 is 6.03 Å². The summed E-state index contributed by atoms with van der Waals surface area (Å²) in [5, 5.41) is 34.7. The molecule has 1 heterocycles. The third-order valence-electron chi connectivity index (χ3n) is 1.87. The molecule has 1 aliphatic heterocycles. The number of rotatable bonds is 3. The molecule has 0 saturated carbocycles. The van der Waals surface area contributed by atoms with Crippen LogP contribution in [0.5, 0.6) is 0 Å². The Labute approximate surface area is 103 Å².